The molecule has 9 aromatic rings. The maximum atomic E-state index is 6.54. The molecule has 0 atom stereocenters. The second-order valence-corrected chi connectivity index (χ2v) is 13.1. The summed E-state index contributed by atoms with van der Waals surface area (Å²) < 4.78 is 8.91. The van der Waals surface area contributed by atoms with Crippen molar-refractivity contribution in [2.75, 3.05) is 4.90 Å². The standard InChI is InChI=1S/C47H33N3O/c1-4-13-32(14-5-1)35-17-12-20-37(29-35)49(38-25-23-33-24-27-43-46(41(33)30-38)51-47(48-43)34-15-6-2-7-16-34)39-26-28-45-42(31-39)40-21-10-11-22-44(40)50(45)36-18-8-3-9-19-36/h1-22,24,26-31H,23,25H2. The zero-order valence-corrected chi connectivity index (χ0v) is 27.9. The molecule has 10 rings (SSSR count). The van der Waals surface area contributed by atoms with Crippen molar-refractivity contribution in [3.8, 4) is 28.3 Å². The molecule has 0 amide bonds. The summed E-state index contributed by atoms with van der Waals surface area (Å²) in [5.41, 5.74) is 14.4. The summed E-state index contributed by atoms with van der Waals surface area (Å²) in [7, 11) is 0. The number of benzene rings is 7. The number of hydrogen-bond acceptors (Lipinski definition) is 3. The third-order valence-electron chi connectivity index (χ3n) is 10.1. The van der Waals surface area contributed by atoms with Crippen LogP contribution in [0.3, 0.4) is 0 Å². The number of anilines is 2. The molecule has 0 spiro atoms. The lowest BCUT2D eigenvalue weighted by Gasteiger charge is -2.31. The van der Waals surface area contributed by atoms with Gasteiger partial charge in [0, 0.05) is 44.7 Å². The Morgan fingerprint density at radius 1 is 0.529 bits per heavy atom. The zero-order valence-electron chi connectivity index (χ0n) is 27.9. The van der Waals surface area contributed by atoms with E-state index in [0.29, 0.717) is 5.89 Å². The van der Waals surface area contributed by atoms with Gasteiger partial charge < -0.3 is 13.9 Å². The molecule has 0 N–H and O–H groups in total. The van der Waals surface area contributed by atoms with E-state index in [4.69, 9.17) is 9.40 Å². The van der Waals surface area contributed by atoms with E-state index in [2.05, 4.69) is 155 Å². The lowest BCUT2D eigenvalue weighted by atomic mass is 9.93. The van der Waals surface area contributed by atoms with E-state index in [-0.39, 0.29) is 0 Å². The van der Waals surface area contributed by atoms with Crippen molar-refractivity contribution in [3.63, 3.8) is 0 Å². The van der Waals surface area contributed by atoms with Crippen molar-refractivity contribution < 1.29 is 4.42 Å². The summed E-state index contributed by atoms with van der Waals surface area (Å²) >= 11 is 0. The molecule has 242 valence electrons. The van der Waals surface area contributed by atoms with E-state index >= 15 is 0 Å². The van der Waals surface area contributed by atoms with Gasteiger partial charge >= 0.3 is 0 Å². The van der Waals surface area contributed by atoms with Crippen LogP contribution in [-0.4, -0.2) is 9.55 Å². The van der Waals surface area contributed by atoms with Gasteiger partial charge in [0.15, 0.2) is 5.58 Å². The molecule has 0 saturated carbocycles. The monoisotopic (exact) mass is 655 g/mol. The maximum absolute atomic E-state index is 6.54. The Balaban J connectivity index is 1.18. The highest BCUT2D eigenvalue weighted by Crippen LogP contribution is 2.42. The Kier molecular flexibility index (Phi) is 6.91. The van der Waals surface area contributed by atoms with Crippen LogP contribution in [0.2, 0.25) is 0 Å². The number of allylic oxidation sites excluding steroid dienone is 1. The molecule has 0 radical (unpaired) electrons. The number of oxazole rings is 1. The van der Waals surface area contributed by atoms with Crippen molar-refractivity contribution in [2.45, 2.75) is 12.8 Å². The Bertz CT molecular complexity index is 2740. The Hall–Kier alpha value is -6.65. The minimum atomic E-state index is 0.646. The predicted molar refractivity (Wildman–Crippen MR) is 211 cm³/mol. The summed E-state index contributed by atoms with van der Waals surface area (Å²) in [5.74, 6) is 0.646. The maximum Gasteiger partial charge on any atom is 0.227 e. The molecule has 1 aliphatic carbocycles. The van der Waals surface area contributed by atoms with Crippen LogP contribution in [0.5, 0.6) is 0 Å². The van der Waals surface area contributed by atoms with E-state index < -0.39 is 0 Å². The number of hydrogen-bond donors (Lipinski definition) is 0. The Morgan fingerprint density at radius 3 is 2.04 bits per heavy atom. The summed E-state index contributed by atoms with van der Waals surface area (Å²) in [4.78, 5) is 7.34. The fourth-order valence-electron chi connectivity index (χ4n) is 7.70. The highest BCUT2D eigenvalue weighted by atomic mass is 16.3. The van der Waals surface area contributed by atoms with Crippen LogP contribution in [0.25, 0.3) is 67.3 Å². The van der Waals surface area contributed by atoms with Crippen molar-refractivity contribution >= 4 is 50.4 Å². The summed E-state index contributed by atoms with van der Waals surface area (Å²) in [6.07, 6.45) is 4.12. The van der Waals surface area contributed by atoms with Crippen LogP contribution in [0.4, 0.5) is 11.4 Å². The normalized spacial score (nSPS) is 12.7. The van der Waals surface area contributed by atoms with Crippen LogP contribution in [0.15, 0.2) is 180 Å². The van der Waals surface area contributed by atoms with Crippen molar-refractivity contribution in [1.82, 2.24) is 9.55 Å². The lowest BCUT2D eigenvalue weighted by molar-refractivity contribution is 0.618. The first kappa shape index (κ1) is 29.3. The second kappa shape index (κ2) is 12.0. The van der Waals surface area contributed by atoms with Gasteiger partial charge in [-0.25, -0.2) is 4.98 Å². The largest absolute Gasteiger partial charge is 0.435 e. The molecule has 4 nitrogen and oxygen atoms in total. The predicted octanol–water partition coefficient (Wildman–Crippen LogP) is 12.4. The number of para-hydroxylation sites is 2. The van der Waals surface area contributed by atoms with Gasteiger partial charge in [-0.15, -0.1) is 0 Å². The minimum Gasteiger partial charge on any atom is -0.435 e. The summed E-state index contributed by atoms with van der Waals surface area (Å²) in [5, 5.41) is 2.45. The molecular weight excluding hydrogens is 623 g/mol. The summed E-state index contributed by atoms with van der Waals surface area (Å²) in [6.45, 7) is 0. The number of rotatable bonds is 6. The van der Waals surface area contributed by atoms with Crippen LogP contribution in [-0.2, 0) is 6.42 Å². The highest BCUT2D eigenvalue weighted by Gasteiger charge is 2.24. The summed E-state index contributed by atoms with van der Waals surface area (Å²) in [6, 6.07) is 60.3. The topological polar surface area (TPSA) is 34.2 Å². The number of aryl methyl sites for hydroxylation is 1. The number of nitrogens with zero attached hydrogens (tertiary/aromatic N) is 3. The molecule has 7 aromatic carbocycles. The molecule has 1 aliphatic rings. The van der Waals surface area contributed by atoms with Gasteiger partial charge in [0.05, 0.1) is 11.0 Å². The second-order valence-electron chi connectivity index (χ2n) is 13.1. The van der Waals surface area contributed by atoms with Gasteiger partial charge in [0.2, 0.25) is 5.89 Å². The molecule has 2 aromatic heterocycles. The van der Waals surface area contributed by atoms with E-state index in [1.54, 1.807) is 0 Å². The quantitative estimate of drug-likeness (QED) is 0.179. The van der Waals surface area contributed by atoms with E-state index in [1.807, 2.05) is 30.3 Å². The average Bonchev–Trinajstić information content (AvgIpc) is 3.79. The van der Waals surface area contributed by atoms with Gasteiger partial charge in [0.1, 0.15) is 5.52 Å². The molecule has 0 bridgehead atoms. The first-order chi connectivity index (χ1) is 25.3. The van der Waals surface area contributed by atoms with Gasteiger partial charge in [-0.2, -0.15) is 0 Å². The van der Waals surface area contributed by atoms with Crippen LogP contribution in [0.1, 0.15) is 17.5 Å². The van der Waals surface area contributed by atoms with Crippen molar-refractivity contribution in [3.05, 3.63) is 187 Å². The molecule has 0 unspecified atom stereocenters. The minimum absolute atomic E-state index is 0.646. The smallest absolute Gasteiger partial charge is 0.227 e. The van der Waals surface area contributed by atoms with Crippen molar-refractivity contribution in [1.29, 1.82) is 0 Å². The SMILES string of the molecule is C1=C(N(c2cccc(-c3ccccc3)c2)c2ccc3c(c2)c2ccccc2n3-c2ccccc2)CCc2ccc3nc(-c4ccccc4)oc3c21. The Labute approximate surface area is 296 Å². The van der Waals surface area contributed by atoms with Crippen molar-refractivity contribution in [2.24, 2.45) is 0 Å². The molecule has 51 heavy (non-hydrogen) atoms. The third-order valence-corrected chi connectivity index (χ3v) is 10.1. The van der Waals surface area contributed by atoms with Crippen LogP contribution in [0, 0.1) is 0 Å². The first-order valence-corrected chi connectivity index (χ1v) is 17.5. The highest BCUT2D eigenvalue weighted by molar-refractivity contribution is 6.10. The van der Waals surface area contributed by atoms with Gasteiger partial charge in [-0.05, 0) is 102 Å². The Morgan fingerprint density at radius 2 is 1.22 bits per heavy atom. The van der Waals surface area contributed by atoms with E-state index in [9.17, 15) is 0 Å². The van der Waals surface area contributed by atoms with E-state index in [1.165, 1.54) is 44.2 Å². The molecule has 4 heteroatoms. The number of aromatic nitrogens is 2. The molecule has 0 aliphatic heterocycles. The molecule has 0 saturated heterocycles. The van der Waals surface area contributed by atoms with Gasteiger partial charge in [0.25, 0.3) is 0 Å². The van der Waals surface area contributed by atoms with Gasteiger partial charge in [-0.3, -0.25) is 0 Å². The van der Waals surface area contributed by atoms with Gasteiger partial charge in [-0.1, -0.05) is 103 Å². The first-order valence-electron chi connectivity index (χ1n) is 17.5. The third kappa shape index (κ3) is 5.03. The molecule has 2 heterocycles. The zero-order chi connectivity index (χ0) is 33.7. The van der Waals surface area contributed by atoms with E-state index in [0.717, 1.165) is 52.1 Å². The van der Waals surface area contributed by atoms with Crippen LogP contribution < -0.4 is 4.90 Å². The number of fused-ring (bicyclic) bond motifs is 6. The molecule has 0 fully saturated rings. The fourth-order valence-corrected chi connectivity index (χ4v) is 7.70. The van der Waals surface area contributed by atoms with Crippen LogP contribution >= 0.6 is 0 Å². The molecular formula is C47H33N3O. The average molecular weight is 656 g/mol. The lowest BCUT2D eigenvalue weighted by Crippen LogP contribution is -2.19. The fraction of sp³-hybridized carbons (Fsp3) is 0.0426.